The van der Waals surface area contributed by atoms with Crippen molar-refractivity contribution < 1.29 is 18.0 Å². The first-order valence-electron chi connectivity index (χ1n) is 13.2. The second kappa shape index (κ2) is 8.41. The molecule has 0 N–H and O–H groups in total. The van der Waals surface area contributed by atoms with E-state index in [4.69, 9.17) is 0 Å². The summed E-state index contributed by atoms with van der Waals surface area (Å²) in [5.74, 6) is 5.35. The molecule has 4 aliphatic rings. The Balaban J connectivity index is 1.35. The van der Waals surface area contributed by atoms with Gasteiger partial charge >= 0.3 is 6.18 Å². The van der Waals surface area contributed by atoms with Crippen LogP contribution in [0.1, 0.15) is 84.3 Å². The van der Waals surface area contributed by atoms with Crippen LogP contribution in [0.2, 0.25) is 0 Å². The van der Waals surface area contributed by atoms with Crippen LogP contribution < -0.4 is 0 Å². The normalized spacial score (nSPS) is 43.0. The highest BCUT2D eigenvalue weighted by atomic mass is 19.4. The number of rotatable bonds is 4. The predicted octanol–water partition coefficient (Wildman–Crippen LogP) is 7.01. The molecule has 0 radical (unpaired) electrons. The van der Waals surface area contributed by atoms with Crippen LogP contribution in [0.4, 0.5) is 13.2 Å². The Kier molecular flexibility index (Phi) is 5.96. The molecule has 0 aliphatic heterocycles. The number of fused-ring (bicyclic) bond motifs is 5. The minimum atomic E-state index is -4.47. The highest BCUT2D eigenvalue weighted by molar-refractivity contribution is 5.82. The molecule has 0 saturated heterocycles. The summed E-state index contributed by atoms with van der Waals surface area (Å²) in [6.07, 6.45) is 7.97. The third-order valence-electron chi connectivity index (χ3n) is 10.5. The van der Waals surface area contributed by atoms with Crippen molar-refractivity contribution in [2.24, 2.45) is 52.8 Å². The van der Waals surface area contributed by atoms with E-state index in [9.17, 15) is 18.0 Å². The molecule has 1 heterocycles. The zero-order chi connectivity index (χ0) is 23.5. The standard InChI is InChI=1S/C27H39F3N2O/c1-4-17-14-22(23(33)15-32-12-10-24(31-32)27(28,29)30)26(3)11-9-20-19-7-5-16(2)13-18(19)6-8-21(20)25(17)26/h10,12,16-22,25H,4-9,11,13-15H2,1-3H3/t16-,17+,18+,19-,20+,21+,22+,25?,26+/m0/s1. The van der Waals surface area contributed by atoms with Crippen LogP contribution in [0.15, 0.2) is 12.3 Å². The van der Waals surface area contributed by atoms with Crippen molar-refractivity contribution in [2.45, 2.75) is 91.3 Å². The summed E-state index contributed by atoms with van der Waals surface area (Å²) in [4.78, 5) is 13.5. The molecular weight excluding hydrogens is 425 g/mol. The lowest BCUT2D eigenvalue weighted by Gasteiger charge is -2.57. The first-order chi connectivity index (χ1) is 15.6. The third kappa shape index (κ3) is 3.97. The number of carbonyl (C=O) groups is 1. The molecule has 6 heteroatoms. The maximum Gasteiger partial charge on any atom is 0.435 e. The van der Waals surface area contributed by atoms with Crippen molar-refractivity contribution in [3.8, 4) is 0 Å². The van der Waals surface area contributed by atoms with Gasteiger partial charge < -0.3 is 0 Å². The average molecular weight is 465 g/mol. The van der Waals surface area contributed by atoms with Gasteiger partial charge in [0.1, 0.15) is 0 Å². The summed E-state index contributed by atoms with van der Waals surface area (Å²) >= 11 is 0. The smallest absolute Gasteiger partial charge is 0.297 e. The fourth-order valence-corrected chi connectivity index (χ4v) is 9.17. The average Bonchev–Trinajstić information content (AvgIpc) is 3.35. The summed E-state index contributed by atoms with van der Waals surface area (Å²) in [5.41, 5.74) is -0.940. The number of hydrogen-bond donors (Lipinski definition) is 0. The first kappa shape index (κ1) is 23.4. The van der Waals surface area contributed by atoms with Gasteiger partial charge in [-0.05, 0) is 97.9 Å². The molecule has 4 aliphatic carbocycles. The first-order valence-corrected chi connectivity index (χ1v) is 13.2. The van der Waals surface area contributed by atoms with Crippen molar-refractivity contribution in [1.82, 2.24) is 9.78 Å². The summed E-state index contributed by atoms with van der Waals surface area (Å²) in [7, 11) is 0. The van der Waals surface area contributed by atoms with Gasteiger partial charge in [-0.15, -0.1) is 0 Å². The minimum absolute atomic E-state index is 0.0201. The number of halogens is 3. The van der Waals surface area contributed by atoms with Crippen LogP contribution in [-0.4, -0.2) is 15.6 Å². The van der Waals surface area contributed by atoms with E-state index in [0.29, 0.717) is 11.8 Å². The molecule has 0 bridgehead atoms. The van der Waals surface area contributed by atoms with Crippen LogP contribution in [0, 0.1) is 52.8 Å². The Bertz CT molecular complexity index is 879. The van der Waals surface area contributed by atoms with Crippen molar-refractivity contribution in [1.29, 1.82) is 0 Å². The molecule has 4 saturated carbocycles. The zero-order valence-electron chi connectivity index (χ0n) is 20.3. The number of nitrogens with zero attached hydrogens (tertiary/aromatic N) is 2. The number of carbonyl (C=O) groups excluding carboxylic acids is 1. The van der Waals surface area contributed by atoms with Gasteiger partial charge in [-0.3, -0.25) is 9.48 Å². The van der Waals surface area contributed by atoms with Gasteiger partial charge in [0.15, 0.2) is 11.5 Å². The molecular formula is C27H39F3N2O. The van der Waals surface area contributed by atoms with E-state index in [1.54, 1.807) is 0 Å². The molecule has 9 atom stereocenters. The van der Waals surface area contributed by atoms with E-state index >= 15 is 0 Å². The molecule has 0 spiro atoms. The summed E-state index contributed by atoms with van der Waals surface area (Å²) in [5, 5.41) is 3.65. The minimum Gasteiger partial charge on any atom is -0.297 e. The highest BCUT2D eigenvalue weighted by Gasteiger charge is 2.61. The maximum atomic E-state index is 13.5. The van der Waals surface area contributed by atoms with Crippen LogP contribution in [0.5, 0.6) is 0 Å². The van der Waals surface area contributed by atoms with Gasteiger partial charge in [0.05, 0.1) is 6.54 Å². The fraction of sp³-hybridized carbons (Fsp3) is 0.852. The van der Waals surface area contributed by atoms with Crippen molar-refractivity contribution in [2.75, 3.05) is 0 Å². The molecule has 1 aromatic rings. The van der Waals surface area contributed by atoms with Crippen LogP contribution in [-0.2, 0) is 17.5 Å². The molecule has 0 amide bonds. The van der Waals surface area contributed by atoms with Gasteiger partial charge in [-0.1, -0.05) is 33.6 Å². The zero-order valence-corrected chi connectivity index (χ0v) is 20.3. The van der Waals surface area contributed by atoms with E-state index in [0.717, 1.165) is 54.9 Å². The molecule has 3 nitrogen and oxygen atoms in total. The predicted molar refractivity (Wildman–Crippen MR) is 121 cm³/mol. The Hall–Kier alpha value is -1.33. The van der Waals surface area contributed by atoms with Crippen LogP contribution >= 0.6 is 0 Å². The van der Waals surface area contributed by atoms with E-state index in [2.05, 4.69) is 25.9 Å². The van der Waals surface area contributed by atoms with Crippen molar-refractivity contribution in [3.63, 3.8) is 0 Å². The monoisotopic (exact) mass is 464 g/mol. The van der Waals surface area contributed by atoms with Gasteiger partial charge in [0, 0.05) is 12.1 Å². The number of hydrogen-bond acceptors (Lipinski definition) is 2. The van der Waals surface area contributed by atoms with Crippen LogP contribution in [0.3, 0.4) is 0 Å². The number of ketones is 1. The van der Waals surface area contributed by atoms with E-state index in [-0.39, 0.29) is 23.7 Å². The molecule has 1 unspecified atom stereocenters. The SMILES string of the molecule is CC[C@@H]1C[C@H](C(=O)Cn2ccc(C(F)(F)F)n2)[C@@]2(C)CC[C@@H]3[C@H]4CC[C@H](C)C[C@H]4CC[C@H]3C12. The van der Waals surface area contributed by atoms with Gasteiger partial charge in [0.25, 0.3) is 0 Å². The van der Waals surface area contributed by atoms with Crippen molar-refractivity contribution >= 4 is 5.78 Å². The van der Waals surface area contributed by atoms with E-state index < -0.39 is 11.9 Å². The largest absolute Gasteiger partial charge is 0.435 e. The Morgan fingerprint density at radius 2 is 1.88 bits per heavy atom. The van der Waals surface area contributed by atoms with Crippen LogP contribution in [0.25, 0.3) is 0 Å². The summed E-state index contributed by atoms with van der Waals surface area (Å²) in [6, 6.07) is 0.968. The topological polar surface area (TPSA) is 34.9 Å². The summed E-state index contributed by atoms with van der Waals surface area (Å²) in [6.45, 7) is 6.97. The second-order valence-corrected chi connectivity index (χ2v) is 12.1. The van der Waals surface area contributed by atoms with Gasteiger partial charge in [-0.25, -0.2) is 0 Å². The highest BCUT2D eigenvalue weighted by Crippen LogP contribution is 2.66. The molecule has 1 aromatic heterocycles. The number of aromatic nitrogens is 2. The molecule has 184 valence electrons. The lowest BCUT2D eigenvalue weighted by molar-refractivity contribution is -0.142. The Morgan fingerprint density at radius 1 is 1.12 bits per heavy atom. The van der Waals surface area contributed by atoms with Gasteiger partial charge in [0.2, 0.25) is 0 Å². The Morgan fingerprint density at radius 3 is 2.58 bits per heavy atom. The van der Waals surface area contributed by atoms with E-state index in [1.165, 1.54) is 49.4 Å². The van der Waals surface area contributed by atoms with E-state index in [1.807, 2.05) is 0 Å². The Labute approximate surface area is 195 Å². The molecule has 0 aromatic carbocycles. The molecule has 5 rings (SSSR count). The lowest BCUT2D eigenvalue weighted by Crippen LogP contribution is -2.50. The number of Topliss-reactive ketones (excluding diaryl/α,β-unsaturated/α-hetero) is 1. The van der Waals surface area contributed by atoms with Crippen molar-refractivity contribution in [3.05, 3.63) is 18.0 Å². The summed E-state index contributed by atoms with van der Waals surface area (Å²) < 4.78 is 40.1. The second-order valence-electron chi connectivity index (χ2n) is 12.1. The quantitative estimate of drug-likeness (QED) is 0.480. The maximum absolute atomic E-state index is 13.5. The fourth-order valence-electron chi connectivity index (χ4n) is 9.17. The molecule has 4 fully saturated rings. The number of alkyl halides is 3. The lowest BCUT2D eigenvalue weighted by atomic mass is 9.48. The molecule has 33 heavy (non-hydrogen) atoms. The van der Waals surface area contributed by atoms with Gasteiger partial charge in [-0.2, -0.15) is 18.3 Å². The third-order valence-corrected chi connectivity index (χ3v) is 10.5.